The smallest absolute Gasteiger partial charge is 0.407 e. The zero-order valence-corrected chi connectivity index (χ0v) is 23.3. The maximum absolute atomic E-state index is 13.3. The van der Waals surface area contributed by atoms with Crippen LogP contribution in [0, 0.1) is 11.8 Å². The molecular weight excluding hydrogens is 518 g/mol. The van der Waals surface area contributed by atoms with E-state index in [1.807, 2.05) is 66.5 Å². The lowest BCUT2D eigenvalue weighted by atomic mass is 9.96. The standard InChI is InChI=1S/C33H37N3O5/c1-36(19-22-10-3-2-4-11-22)20-30(31(37)34-18-23-12-9-17-24(23)32(38)39)35-33(40)41-21-29-27-15-7-5-13-25(27)26-14-6-8-16-28(26)29/h2-8,10-11,13-16,23-24,29-30H,9,12,17-21H2,1H3,(H,34,37)(H,35,40)(H,38,39). The van der Waals surface area contributed by atoms with Gasteiger partial charge in [-0.05, 0) is 53.6 Å². The summed E-state index contributed by atoms with van der Waals surface area (Å²) < 4.78 is 5.72. The maximum Gasteiger partial charge on any atom is 0.407 e. The van der Waals surface area contributed by atoms with Gasteiger partial charge in [0.15, 0.2) is 0 Å². The van der Waals surface area contributed by atoms with Gasteiger partial charge in [0.1, 0.15) is 12.6 Å². The zero-order valence-electron chi connectivity index (χ0n) is 23.3. The summed E-state index contributed by atoms with van der Waals surface area (Å²) in [6.45, 7) is 1.27. The SMILES string of the molecule is CN(Cc1ccccc1)CC(NC(=O)OCC1c2ccccc2-c2ccccc21)C(=O)NCC1CCCC1C(=O)O. The Morgan fingerprint density at radius 1 is 0.927 bits per heavy atom. The van der Waals surface area contributed by atoms with Gasteiger partial charge in [0, 0.05) is 25.6 Å². The van der Waals surface area contributed by atoms with E-state index in [1.165, 1.54) is 0 Å². The molecule has 5 rings (SSSR count). The van der Waals surface area contributed by atoms with Crippen LogP contribution < -0.4 is 10.6 Å². The van der Waals surface area contributed by atoms with Crippen LogP contribution in [0.1, 0.15) is 41.9 Å². The van der Waals surface area contributed by atoms with E-state index in [2.05, 4.69) is 34.9 Å². The Kier molecular flexibility index (Phi) is 8.99. The number of rotatable bonds is 11. The molecule has 0 aromatic heterocycles. The minimum atomic E-state index is -0.871. The lowest BCUT2D eigenvalue weighted by Crippen LogP contribution is -2.53. The summed E-state index contributed by atoms with van der Waals surface area (Å²) >= 11 is 0. The van der Waals surface area contributed by atoms with Crippen molar-refractivity contribution < 1.29 is 24.2 Å². The van der Waals surface area contributed by atoms with Crippen LogP contribution in [0.4, 0.5) is 4.79 Å². The Hall–Kier alpha value is -4.17. The summed E-state index contributed by atoms with van der Waals surface area (Å²) in [6, 6.07) is 25.3. The van der Waals surface area contributed by atoms with Crippen molar-refractivity contribution in [1.29, 1.82) is 0 Å². The fourth-order valence-corrected chi connectivity index (χ4v) is 6.21. The molecule has 3 N–H and O–H groups in total. The lowest BCUT2D eigenvalue weighted by molar-refractivity contribution is -0.143. The van der Waals surface area contributed by atoms with Crippen LogP contribution in [0.2, 0.25) is 0 Å². The van der Waals surface area contributed by atoms with E-state index in [1.54, 1.807) is 0 Å². The number of carbonyl (C=O) groups excluding carboxylic acids is 2. The molecule has 2 amide bonds. The zero-order chi connectivity index (χ0) is 28.8. The number of alkyl carbamates (subject to hydrolysis) is 1. The molecular formula is C33H37N3O5. The minimum Gasteiger partial charge on any atom is -0.481 e. The second kappa shape index (κ2) is 13.0. The number of carboxylic acids is 1. The van der Waals surface area contributed by atoms with Crippen molar-refractivity contribution in [3.05, 3.63) is 95.6 Å². The van der Waals surface area contributed by atoms with Gasteiger partial charge in [0.2, 0.25) is 5.91 Å². The first-order valence-corrected chi connectivity index (χ1v) is 14.2. The maximum atomic E-state index is 13.3. The van der Waals surface area contributed by atoms with Crippen molar-refractivity contribution >= 4 is 18.0 Å². The minimum absolute atomic E-state index is 0.0866. The van der Waals surface area contributed by atoms with Gasteiger partial charge >= 0.3 is 12.1 Å². The van der Waals surface area contributed by atoms with Gasteiger partial charge in [-0.15, -0.1) is 0 Å². The molecule has 3 unspecified atom stereocenters. The highest BCUT2D eigenvalue weighted by molar-refractivity contribution is 5.86. The number of nitrogens with one attached hydrogen (secondary N) is 2. The van der Waals surface area contributed by atoms with E-state index in [0.29, 0.717) is 13.0 Å². The summed E-state index contributed by atoms with van der Waals surface area (Å²) in [5.74, 6) is -1.83. The molecule has 8 heteroatoms. The molecule has 3 aromatic carbocycles. The highest BCUT2D eigenvalue weighted by atomic mass is 16.5. The third-order valence-electron chi connectivity index (χ3n) is 8.26. The van der Waals surface area contributed by atoms with Crippen molar-refractivity contribution in [2.24, 2.45) is 11.8 Å². The molecule has 214 valence electrons. The Bertz CT molecular complexity index is 1330. The molecule has 41 heavy (non-hydrogen) atoms. The number of carboxylic acid groups (broad SMARTS) is 1. The number of ether oxygens (including phenoxy) is 1. The monoisotopic (exact) mass is 555 g/mol. The fraction of sp³-hybridized carbons (Fsp3) is 0.364. The van der Waals surface area contributed by atoms with Gasteiger partial charge in [-0.3, -0.25) is 14.5 Å². The summed E-state index contributed by atoms with van der Waals surface area (Å²) in [5.41, 5.74) is 5.60. The molecule has 0 spiro atoms. The van der Waals surface area contributed by atoms with Crippen molar-refractivity contribution in [3.63, 3.8) is 0 Å². The third kappa shape index (κ3) is 6.77. The number of hydrogen-bond donors (Lipinski definition) is 3. The normalized spacial score (nSPS) is 18.4. The van der Waals surface area contributed by atoms with Crippen LogP contribution in [0.15, 0.2) is 78.9 Å². The van der Waals surface area contributed by atoms with Gasteiger partial charge in [-0.2, -0.15) is 0 Å². The quantitative estimate of drug-likeness (QED) is 0.318. The van der Waals surface area contributed by atoms with E-state index < -0.39 is 24.0 Å². The Labute approximate surface area is 240 Å². The molecule has 2 aliphatic rings. The van der Waals surface area contributed by atoms with Crippen molar-refractivity contribution in [2.75, 3.05) is 26.7 Å². The summed E-state index contributed by atoms with van der Waals surface area (Å²) in [4.78, 5) is 40.0. The van der Waals surface area contributed by atoms with Crippen LogP contribution in [-0.4, -0.2) is 60.8 Å². The first-order valence-electron chi connectivity index (χ1n) is 14.2. The second-order valence-corrected chi connectivity index (χ2v) is 11.1. The van der Waals surface area contributed by atoms with Gasteiger partial charge in [0.05, 0.1) is 5.92 Å². The van der Waals surface area contributed by atoms with Gasteiger partial charge in [0.25, 0.3) is 0 Å². The van der Waals surface area contributed by atoms with E-state index >= 15 is 0 Å². The van der Waals surface area contributed by atoms with Gasteiger partial charge in [-0.1, -0.05) is 85.3 Å². The van der Waals surface area contributed by atoms with E-state index in [0.717, 1.165) is 40.7 Å². The molecule has 0 heterocycles. The Morgan fingerprint density at radius 3 is 2.22 bits per heavy atom. The summed E-state index contributed by atoms with van der Waals surface area (Å²) in [7, 11) is 1.89. The summed E-state index contributed by atoms with van der Waals surface area (Å²) in [5, 5.41) is 15.2. The number of amides is 2. The first-order chi connectivity index (χ1) is 19.9. The predicted molar refractivity (Wildman–Crippen MR) is 156 cm³/mol. The molecule has 1 fully saturated rings. The molecule has 2 aliphatic carbocycles. The van der Waals surface area contributed by atoms with Crippen molar-refractivity contribution in [3.8, 4) is 11.1 Å². The molecule has 3 atom stereocenters. The molecule has 0 bridgehead atoms. The van der Waals surface area contributed by atoms with E-state index in [9.17, 15) is 19.5 Å². The molecule has 3 aromatic rings. The van der Waals surface area contributed by atoms with E-state index in [-0.39, 0.29) is 37.4 Å². The predicted octanol–water partition coefficient (Wildman–Crippen LogP) is 4.64. The highest BCUT2D eigenvalue weighted by Crippen LogP contribution is 2.44. The second-order valence-electron chi connectivity index (χ2n) is 11.1. The van der Waals surface area contributed by atoms with Crippen LogP contribution in [-0.2, 0) is 20.9 Å². The van der Waals surface area contributed by atoms with Gasteiger partial charge in [-0.25, -0.2) is 4.79 Å². The van der Waals surface area contributed by atoms with Gasteiger partial charge < -0.3 is 20.5 Å². The number of nitrogens with zero attached hydrogens (tertiary/aromatic N) is 1. The molecule has 0 radical (unpaired) electrons. The van der Waals surface area contributed by atoms with Crippen LogP contribution in [0.3, 0.4) is 0 Å². The summed E-state index contributed by atoms with van der Waals surface area (Å²) in [6.07, 6.45) is 1.55. The third-order valence-corrected chi connectivity index (χ3v) is 8.26. The van der Waals surface area contributed by atoms with E-state index in [4.69, 9.17) is 4.74 Å². The largest absolute Gasteiger partial charge is 0.481 e. The topological polar surface area (TPSA) is 108 Å². The fourth-order valence-electron chi connectivity index (χ4n) is 6.21. The number of benzene rings is 3. The molecule has 1 saturated carbocycles. The van der Waals surface area contributed by atoms with Crippen molar-refractivity contribution in [2.45, 2.75) is 37.8 Å². The molecule has 0 saturated heterocycles. The number of aliphatic carboxylic acids is 1. The average molecular weight is 556 g/mol. The number of carbonyl (C=O) groups is 3. The van der Waals surface area contributed by atoms with Crippen LogP contribution in [0.5, 0.6) is 0 Å². The lowest BCUT2D eigenvalue weighted by Gasteiger charge is -2.25. The first kappa shape index (κ1) is 28.4. The number of fused-ring (bicyclic) bond motifs is 3. The Morgan fingerprint density at radius 2 is 1.56 bits per heavy atom. The van der Waals surface area contributed by atoms with Crippen molar-refractivity contribution in [1.82, 2.24) is 15.5 Å². The highest BCUT2D eigenvalue weighted by Gasteiger charge is 2.34. The average Bonchev–Trinajstić information content (AvgIpc) is 3.58. The van der Waals surface area contributed by atoms with Crippen LogP contribution in [0.25, 0.3) is 11.1 Å². The Balaban J connectivity index is 1.24. The molecule has 0 aliphatic heterocycles. The number of hydrogen-bond acceptors (Lipinski definition) is 5. The number of likely N-dealkylation sites (N-methyl/N-ethyl adjacent to an activating group) is 1. The van der Waals surface area contributed by atoms with Crippen LogP contribution >= 0.6 is 0 Å². The molecule has 8 nitrogen and oxygen atoms in total.